The van der Waals surface area contributed by atoms with E-state index in [0.717, 1.165) is 14.7 Å². The topological polar surface area (TPSA) is 47.0 Å². The highest BCUT2D eigenvalue weighted by atomic mass is 79.9. The van der Waals surface area contributed by atoms with E-state index in [-0.39, 0.29) is 24.7 Å². The second-order valence-electron chi connectivity index (χ2n) is 4.42. The molecule has 6 heteroatoms. The molecule has 0 spiro atoms. The third kappa shape index (κ3) is 3.26. The van der Waals surface area contributed by atoms with Crippen LogP contribution in [0.15, 0.2) is 53.0 Å². The van der Waals surface area contributed by atoms with Crippen molar-refractivity contribution in [3.8, 4) is 0 Å². The Morgan fingerprint density at radius 1 is 1.14 bits per heavy atom. The summed E-state index contributed by atoms with van der Waals surface area (Å²) in [6.45, 7) is 0.261. The third-order valence-electron chi connectivity index (χ3n) is 3.10. The normalized spacial score (nSPS) is 10.3. The Labute approximate surface area is 140 Å². The lowest BCUT2D eigenvalue weighted by Gasteiger charge is -2.01. The van der Waals surface area contributed by atoms with Gasteiger partial charge in [0.15, 0.2) is 6.54 Å². The molecule has 0 bridgehead atoms. The van der Waals surface area contributed by atoms with Crippen molar-refractivity contribution < 1.29 is 21.8 Å². The van der Waals surface area contributed by atoms with Crippen molar-refractivity contribution in [3.05, 3.63) is 58.6 Å². The Kier molecular flexibility index (Phi) is 4.98. The number of halogens is 2. The molecule has 0 aliphatic heterocycles. The molecule has 0 aliphatic rings. The van der Waals surface area contributed by atoms with Gasteiger partial charge in [-0.05, 0) is 35.6 Å². The fraction of sp³-hybridized carbons (Fsp3) is 0.0667. The Morgan fingerprint density at radius 2 is 1.81 bits per heavy atom. The molecule has 0 saturated heterocycles. The summed E-state index contributed by atoms with van der Waals surface area (Å²) in [5, 5.41) is 0.650. The maximum absolute atomic E-state index is 12.3. The van der Waals surface area contributed by atoms with Crippen molar-refractivity contribution in [1.29, 1.82) is 0 Å². The zero-order chi connectivity index (χ0) is 14.1. The highest BCUT2D eigenvalue weighted by Gasteiger charge is 2.18. The minimum Gasteiger partial charge on any atom is -1.00 e. The number of carbonyl (C=O) groups excluding carboxylic acids is 1. The molecule has 3 nitrogen and oxygen atoms in total. The van der Waals surface area contributed by atoms with Crippen molar-refractivity contribution in [2.24, 2.45) is 0 Å². The summed E-state index contributed by atoms with van der Waals surface area (Å²) in [4.78, 5) is 12.3. The monoisotopic (exact) mass is 382 g/mol. The van der Waals surface area contributed by atoms with Crippen molar-refractivity contribution in [1.82, 2.24) is 0 Å². The number of ketones is 1. The summed E-state index contributed by atoms with van der Waals surface area (Å²) < 4.78 is 3.92. The lowest BCUT2D eigenvalue weighted by atomic mass is 10.1. The van der Waals surface area contributed by atoms with E-state index in [0.29, 0.717) is 10.7 Å². The van der Waals surface area contributed by atoms with Gasteiger partial charge in [-0.15, -0.1) is 0 Å². The number of anilines is 1. The predicted octanol–water partition coefficient (Wildman–Crippen LogP) is 0.420. The minimum absolute atomic E-state index is 0. The van der Waals surface area contributed by atoms with Crippen LogP contribution in [0.1, 0.15) is 10.4 Å². The number of nitrogens with two attached hydrogens (primary N) is 1. The Morgan fingerprint density at radius 3 is 2.52 bits per heavy atom. The van der Waals surface area contributed by atoms with E-state index >= 15 is 0 Å². The first kappa shape index (κ1) is 15.9. The summed E-state index contributed by atoms with van der Waals surface area (Å²) in [7, 11) is 0. The van der Waals surface area contributed by atoms with Crippen LogP contribution in [0, 0.1) is 0 Å². The number of para-hydroxylation sites is 1. The molecule has 3 rings (SSSR count). The van der Waals surface area contributed by atoms with Crippen molar-refractivity contribution in [2.75, 3.05) is 5.73 Å². The molecule has 2 N–H and O–H groups in total. The molecule has 108 valence electrons. The number of nitrogens with zero attached hydrogens (tertiary/aromatic N) is 1. The summed E-state index contributed by atoms with van der Waals surface area (Å²) in [5.74, 6) is 0.0535. The summed E-state index contributed by atoms with van der Waals surface area (Å²) in [6.07, 6.45) is 0. The molecule has 21 heavy (non-hydrogen) atoms. The van der Waals surface area contributed by atoms with E-state index in [1.807, 2.05) is 53.1 Å². The van der Waals surface area contributed by atoms with E-state index < -0.39 is 0 Å². The second-order valence-corrected chi connectivity index (χ2v) is 6.40. The molecule has 0 saturated carbocycles. The summed E-state index contributed by atoms with van der Waals surface area (Å²) in [6, 6.07) is 15.3. The van der Waals surface area contributed by atoms with Gasteiger partial charge in [0.25, 0.3) is 0 Å². The molecule has 0 aliphatic carbocycles. The zero-order valence-corrected chi connectivity index (χ0v) is 14.1. The first-order valence-corrected chi connectivity index (χ1v) is 7.72. The van der Waals surface area contributed by atoms with E-state index in [9.17, 15) is 4.79 Å². The molecule has 0 unspecified atom stereocenters. The highest BCUT2D eigenvalue weighted by Crippen LogP contribution is 2.21. The van der Waals surface area contributed by atoms with Gasteiger partial charge >= 0.3 is 5.13 Å². The largest absolute Gasteiger partial charge is 1.00 e. The number of nitrogen functional groups attached to an aromatic ring is 1. The van der Waals surface area contributed by atoms with Gasteiger partial charge in [-0.25, -0.2) is 4.57 Å². The fourth-order valence-corrected chi connectivity index (χ4v) is 3.28. The molecule has 1 aromatic heterocycles. The molecule has 0 amide bonds. The van der Waals surface area contributed by atoms with Crippen LogP contribution < -0.4 is 22.7 Å². The zero-order valence-electron chi connectivity index (χ0n) is 10.9. The molecular weight excluding hydrogens is 372 g/mol. The number of hydrogen-bond acceptors (Lipinski definition) is 3. The molecule has 1 heterocycles. The Balaban J connectivity index is 0.00000161. The molecule has 0 fully saturated rings. The van der Waals surface area contributed by atoms with E-state index in [1.165, 1.54) is 11.3 Å². The molecule has 2 aromatic carbocycles. The first-order valence-electron chi connectivity index (χ1n) is 6.11. The average Bonchev–Trinajstić information content (AvgIpc) is 2.76. The summed E-state index contributed by atoms with van der Waals surface area (Å²) >= 11 is 4.86. The van der Waals surface area contributed by atoms with Gasteiger partial charge in [0.2, 0.25) is 5.78 Å². The van der Waals surface area contributed by atoms with Gasteiger partial charge in [-0.3, -0.25) is 10.5 Å². The predicted molar refractivity (Wildman–Crippen MR) is 84.9 cm³/mol. The van der Waals surface area contributed by atoms with Crippen LogP contribution in [0.4, 0.5) is 5.13 Å². The Hall–Kier alpha value is -1.43. The SMILES string of the molecule is Nc1sc2ccccc2[n+]1CC(=O)c1ccc(Br)cc1.[Cl-]. The van der Waals surface area contributed by atoms with E-state index in [4.69, 9.17) is 5.73 Å². The fourth-order valence-electron chi connectivity index (χ4n) is 2.09. The Bertz CT molecular complexity index is 786. The number of benzene rings is 2. The van der Waals surface area contributed by atoms with Gasteiger partial charge in [-0.1, -0.05) is 40.2 Å². The number of Topliss-reactive ketones (excluding diaryl/α,β-unsaturated/α-hetero) is 1. The van der Waals surface area contributed by atoms with Crippen LogP contribution in [-0.2, 0) is 6.54 Å². The highest BCUT2D eigenvalue weighted by molar-refractivity contribution is 9.10. The number of thiazole rings is 1. The van der Waals surface area contributed by atoms with Gasteiger partial charge in [0.1, 0.15) is 5.52 Å². The second kappa shape index (κ2) is 6.56. The van der Waals surface area contributed by atoms with Crippen LogP contribution >= 0.6 is 27.3 Å². The number of aromatic nitrogens is 1. The summed E-state index contributed by atoms with van der Waals surface area (Å²) in [5.41, 5.74) is 7.72. The van der Waals surface area contributed by atoms with Crippen LogP contribution in [-0.4, -0.2) is 5.78 Å². The number of carbonyl (C=O) groups is 1. The van der Waals surface area contributed by atoms with E-state index in [2.05, 4.69) is 15.9 Å². The number of rotatable bonds is 3. The van der Waals surface area contributed by atoms with Crippen LogP contribution in [0.2, 0.25) is 0 Å². The molecular formula is C15H12BrClN2OS. The number of hydrogen-bond donors (Lipinski definition) is 1. The lowest BCUT2D eigenvalue weighted by Crippen LogP contribution is -3.00. The standard InChI is InChI=1S/C15H11BrN2OS.ClH/c16-11-7-5-10(6-8-11)13(19)9-18-12-3-1-2-4-14(12)20-15(18)17;/h1-8,17H,9H2;1H. The number of fused-ring (bicyclic) bond motifs is 1. The third-order valence-corrected chi connectivity index (χ3v) is 4.63. The van der Waals surface area contributed by atoms with Gasteiger partial charge in [-0.2, -0.15) is 0 Å². The van der Waals surface area contributed by atoms with Crippen molar-refractivity contribution >= 4 is 48.4 Å². The smallest absolute Gasteiger partial charge is 0.333 e. The maximum Gasteiger partial charge on any atom is 0.333 e. The van der Waals surface area contributed by atoms with Crippen molar-refractivity contribution in [2.45, 2.75) is 6.54 Å². The van der Waals surface area contributed by atoms with E-state index in [1.54, 1.807) is 0 Å². The molecule has 0 radical (unpaired) electrons. The maximum atomic E-state index is 12.3. The van der Waals surface area contributed by atoms with Gasteiger partial charge in [0, 0.05) is 10.0 Å². The van der Waals surface area contributed by atoms with Crippen LogP contribution in [0.25, 0.3) is 10.2 Å². The van der Waals surface area contributed by atoms with Crippen molar-refractivity contribution in [3.63, 3.8) is 0 Å². The van der Waals surface area contributed by atoms with Crippen LogP contribution in [0.5, 0.6) is 0 Å². The average molecular weight is 384 g/mol. The van der Waals surface area contributed by atoms with Gasteiger partial charge < -0.3 is 12.4 Å². The lowest BCUT2D eigenvalue weighted by molar-refractivity contribution is -0.638. The first-order chi connectivity index (χ1) is 9.65. The molecule has 3 aromatic rings. The quantitative estimate of drug-likeness (QED) is 0.526. The molecule has 0 atom stereocenters. The van der Waals surface area contributed by atoms with Gasteiger partial charge in [0.05, 0.1) is 4.70 Å². The van der Waals surface area contributed by atoms with Crippen LogP contribution in [0.3, 0.4) is 0 Å². The minimum atomic E-state index is 0.